The zero-order chi connectivity index (χ0) is 16.2. The summed E-state index contributed by atoms with van der Waals surface area (Å²) >= 11 is 0. The second-order valence-electron chi connectivity index (χ2n) is 6.03. The van der Waals surface area contributed by atoms with Gasteiger partial charge in [-0.25, -0.2) is 0 Å². The maximum absolute atomic E-state index is 9.58. The fraction of sp³-hybridized carbons (Fsp3) is 0.529. The van der Waals surface area contributed by atoms with E-state index in [0.717, 1.165) is 30.6 Å². The van der Waals surface area contributed by atoms with Gasteiger partial charge in [0.05, 0.1) is 20.3 Å². The first kappa shape index (κ1) is 16.0. The smallest absolute Gasteiger partial charge is 0.241 e. The number of rotatable bonds is 5. The molecule has 1 aliphatic rings. The Bertz CT molecular complexity index is 644. The van der Waals surface area contributed by atoms with E-state index in [-0.39, 0.29) is 12.6 Å². The van der Waals surface area contributed by atoms with E-state index in [9.17, 15) is 5.11 Å². The molecule has 0 amide bonds. The Hall–Kier alpha value is -1.92. The van der Waals surface area contributed by atoms with Crippen LogP contribution < -0.4 is 4.74 Å². The Balaban J connectivity index is 1.76. The average Bonchev–Trinajstić information content (AvgIpc) is 3.05. The van der Waals surface area contributed by atoms with E-state index < -0.39 is 0 Å². The molecule has 23 heavy (non-hydrogen) atoms. The quantitative estimate of drug-likeness (QED) is 0.913. The molecule has 0 spiro atoms. The summed E-state index contributed by atoms with van der Waals surface area (Å²) in [6, 6.07) is 8.18. The van der Waals surface area contributed by atoms with Crippen molar-refractivity contribution >= 4 is 0 Å². The molecule has 1 aromatic heterocycles. The summed E-state index contributed by atoms with van der Waals surface area (Å²) in [5.74, 6) is 1.90. The van der Waals surface area contributed by atoms with Crippen LogP contribution in [0.2, 0.25) is 0 Å². The number of hydrogen-bond acceptors (Lipinski definition) is 6. The van der Waals surface area contributed by atoms with Crippen LogP contribution >= 0.6 is 0 Å². The number of piperidine rings is 1. The molecule has 0 aliphatic carbocycles. The first-order valence-electron chi connectivity index (χ1n) is 8.05. The number of nitrogens with zero attached hydrogens (tertiary/aromatic N) is 3. The zero-order valence-electron chi connectivity index (χ0n) is 13.6. The molecule has 3 rings (SSSR count). The summed E-state index contributed by atoms with van der Waals surface area (Å²) in [5, 5.41) is 13.6. The van der Waals surface area contributed by atoms with Gasteiger partial charge in [-0.05, 0) is 31.9 Å². The van der Waals surface area contributed by atoms with Crippen molar-refractivity contribution < 1.29 is 14.4 Å². The second-order valence-corrected chi connectivity index (χ2v) is 6.03. The molecule has 0 bridgehead atoms. The highest BCUT2D eigenvalue weighted by Gasteiger charge is 2.28. The predicted molar refractivity (Wildman–Crippen MR) is 86.0 cm³/mol. The van der Waals surface area contributed by atoms with Crippen LogP contribution in [0.25, 0.3) is 11.4 Å². The van der Waals surface area contributed by atoms with Gasteiger partial charge in [0.25, 0.3) is 0 Å². The largest absolute Gasteiger partial charge is 0.497 e. The fourth-order valence-electron chi connectivity index (χ4n) is 3.18. The predicted octanol–water partition coefficient (Wildman–Crippen LogP) is 2.48. The molecule has 1 saturated heterocycles. The van der Waals surface area contributed by atoms with Crippen LogP contribution in [-0.2, 0) is 6.54 Å². The van der Waals surface area contributed by atoms with E-state index in [2.05, 4.69) is 22.0 Å². The molecule has 0 saturated carbocycles. The van der Waals surface area contributed by atoms with Crippen molar-refractivity contribution in [3.8, 4) is 17.1 Å². The normalized spacial score (nSPS) is 22.2. The van der Waals surface area contributed by atoms with Crippen molar-refractivity contribution in [3.05, 3.63) is 30.2 Å². The van der Waals surface area contributed by atoms with E-state index in [0.29, 0.717) is 24.3 Å². The Labute approximate surface area is 136 Å². The molecule has 1 aromatic carbocycles. The number of ether oxygens (including phenoxy) is 1. The summed E-state index contributed by atoms with van der Waals surface area (Å²) in [5.41, 5.74) is 0.866. The second kappa shape index (κ2) is 7.10. The van der Waals surface area contributed by atoms with Gasteiger partial charge in [0.2, 0.25) is 11.7 Å². The number of aliphatic hydroxyl groups is 1. The van der Waals surface area contributed by atoms with E-state index in [1.165, 1.54) is 0 Å². The van der Waals surface area contributed by atoms with Crippen molar-refractivity contribution in [3.63, 3.8) is 0 Å². The van der Waals surface area contributed by atoms with Crippen molar-refractivity contribution in [2.45, 2.75) is 44.8 Å². The Kier molecular flexibility index (Phi) is 4.93. The number of likely N-dealkylation sites (tertiary alicyclic amines) is 1. The number of aliphatic hydroxyl groups excluding tert-OH is 1. The number of benzene rings is 1. The van der Waals surface area contributed by atoms with Crippen molar-refractivity contribution in [1.82, 2.24) is 15.0 Å². The number of hydrogen-bond donors (Lipinski definition) is 1. The molecule has 124 valence electrons. The van der Waals surface area contributed by atoms with Crippen LogP contribution in [0.4, 0.5) is 0 Å². The van der Waals surface area contributed by atoms with Gasteiger partial charge in [-0.15, -0.1) is 0 Å². The third kappa shape index (κ3) is 3.54. The highest BCUT2D eigenvalue weighted by molar-refractivity contribution is 5.56. The SMILES string of the molecule is COc1cccc(-c2noc(CN3C(C)CCCC3CO)n2)c1. The van der Waals surface area contributed by atoms with E-state index in [1.54, 1.807) is 7.11 Å². The van der Waals surface area contributed by atoms with Crippen LogP contribution in [0.1, 0.15) is 32.1 Å². The number of methoxy groups -OCH3 is 1. The molecule has 0 radical (unpaired) electrons. The molecule has 2 aromatic rings. The van der Waals surface area contributed by atoms with Gasteiger partial charge in [0, 0.05) is 17.6 Å². The van der Waals surface area contributed by atoms with Gasteiger partial charge in [0.15, 0.2) is 0 Å². The summed E-state index contributed by atoms with van der Waals surface area (Å²) in [4.78, 5) is 6.75. The van der Waals surface area contributed by atoms with Crippen LogP contribution in [0.15, 0.2) is 28.8 Å². The average molecular weight is 317 g/mol. The van der Waals surface area contributed by atoms with Gasteiger partial charge in [-0.3, -0.25) is 4.90 Å². The minimum Gasteiger partial charge on any atom is -0.497 e. The Morgan fingerprint density at radius 2 is 2.26 bits per heavy atom. The summed E-state index contributed by atoms with van der Waals surface area (Å²) in [6.07, 6.45) is 3.30. The molecular formula is C17H23N3O3. The summed E-state index contributed by atoms with van der Waals surface area (Å²) in [6.45, 7) is 2.92. The van der Waals surface area contributed by atoms with Gasteiger partial charge >= 0.3 is 0 Å². The van der Waals surface area contributed by atoms with Crippen molar-refractivity contribution in [1.29, 1.82) is 0 Å². The first-order chi connectivity index (χ1) is 11.2. The summed E-state index contributed by atoms with van der Waals surface area (Å²) in [7, 11) is 1.63. The van der Waals surface area contributed by atoms with Gasteiger partial charge in [0.1, 0.15) is 5.75 Å². The lowest BCUT2D eigenvalue weighted by molar-refractivity contribution is 0.0370. The molecule has 6 nitrogen and oxygen atoms in total. The molecular weight excluding hydrogens is 294 g/mol. The molecule has 1 fully saturated rings. The highest BCUT2D eigenvalue weighted by atomic mass is 16.5. The van der Waals surface area contributed by atoms with Crippen molar-refractivity contribution in [2.24, 2.45) is 0 Å². The molecule has 2 unspecified atom stereocenters. The van der Waals surface area contributed by atoms with Crippen LogP contribution in [-0.4, -0.2) is 45.9 Å². The zero-order valence-corrected chi connectivity index (χ0v) is 13.6. The fourth-order valence-corrected chi connectivity index (χ4v) is 3.18. The van der Waals surface area contributed by atoms with E-state index in [1.807, 2.05) is 24.3 Å². The maximum Gasteiger partial charge on any atom is 0.241 e. The van der Waals surface area contributed by atoms with Crippen LogP contribution in [0.3, 0.4) is 0 Å². The van der Waals surface area contributed by atoms with Crippen LogP contribution in [0, 0.1) is 0 Å². The molecule has 6 heteroatoms. The lowest BCUT2D eigenvalue weighted by Crippen LogP contribution is -2.46. The third-order valence-corrected chi connectivity index (χ3v) is 4.52. The standard InChI is InChI=1S/C17H23N3O3/c1-12-5-3-7-14(11-21)20(12)10-16-18-17(19-23-16)13-6-4-8-15(9-13)22-2/h4,6,8-9,12,14,21H,3,5,7,10-11H2,1-2H3. The molecule has 2 atom stereocenters. The minimum absolute atomic E-state index is 0.168. The molecule has 1 N–H and O–H groups in total. The first-order valence-corrected chi connectivity index (χ1v) is 8.05. The monoisotopic (exact) mass is 317 g/mol. The Morgan fingerprint density at radius 3 is 3.04 bits per heavy atom. The van der Waals surface area contributed by atoms with E-state index >= 15 is 0 Å². The maximum atomic E-state index is 9.58. The number of aromatic nitrogens is 2. The van der Waals surface area contributed by atoms with Gasteiger partial charge in [-0.2, -0.15) is 4.98 Å². The van der Waals surface area contributed by atoms with Crippen LogP contribution in [0.5, 0.6) is 5.75 Å². The highest BCUT2D eigenvalue weighted by Crippen LogP contribution is 2.26. The Morgan fingerprint density at radius 1 is 1.39 bits per heavy atom. The van der Waals surface area contributed by atoms with Crippen molar-refractivity contribution in [2.75, 3.05) is 13.7 Å². The lowest BCUT2D eigenvalue weighted by atomic mass is 9.97. The van der Waals surface area contributed by atoms with E-state index in [4.69, 9.17) is 9.26 Å². The minimum atomic E-state index is 0.168. The third-order valence-electron chi connectivity index (χ3n) is 4.52. The van der Waals surface area contributed by atoms with Gasteiger partial charge in [-0.1, -0.05) is 23.7 Å². The molecule has 2 heterocycles. The topological polar surface area (TPSA) is 71.6 Å². The lowest BCUT2D eigenvalue weighted by Gasteiger charge is -2.38. The molecule has 1 aliphatic heterocycles. The van der Waals surface area contributed by atoms with Gasteiger partial charge < -0.3 is 14.4 Å². The summed E-state index contributed by atoms with van der Waals surface area (Å²) < 4.78 is 10.6.